The summed E-state index contributed by atoms with van der Waals surface area (Å²) in [7, 11) is 1.62. The van der Waals surface area contributed by atoms with Crippen LogP contribution in [-0.4, -0.2) is 24.4 Å². The first kappa shape index (κ1) is 11.5. The van der Waals surface area contributed by atoms with Crippen molar-refractivity contribution in [1.29, 1.82) is 0 Å². The first-order valence-electron chi connectivity index (χ1n) is 4.40. The molecule has 1 N–H and O–H groups in total. The Bertz CT molecular complexity index is 133. The smallest absolute Gasteiger partial charge is 0.0827 e. The van der Waals surface area contributed by atoms with E-state index in [1.807, 2.05) is 6.92 Å². The maximum Gasteiger partial charge on any atom is 0.0827 e. The lowest BCUT2D eigenvalue weighted by molar-refractivity contribution is -0.0177. The SMILES string of the molecule is C#CCCCC(O)C(CC)OC. The van der Waals surface area contributed by atoms with Crippen molar-refractivity contribution < 1.29 is 9.84 Å². The highest BCUT2D eigenvalue weighted by molar-refractivity contribution is 4.83. The van der Waals surface area contributed by atoms with Crippen molar-refractivity contribution >= 4 is 0 Å². The van der Waals surface area contributed by atoms with Crippen LogP contribution in [0.15, 0.2) is 0 Å². The molecular weight excluding hydrogens is 152 g/mol. The summed E-state index contributed by atoms with van der Waals surface area (Å²) in [6.07, 6.45) is 7.87. The molecule has 0 aromatic rings. The molecule has 2 nitrogen and oxygen atoms in total. The van der Waals surface area contributed by atoms with E-state index in [4.69, 9.17) is 11.2 Å². The number of hydrogen-bond donors (Lipinski definition) is 1. The number of unbranched alkanes of at least 4 members (excludes halogenated alkanes) is 1. The van der Waals surface area contributed by atoms with Gasteiger partial charge in [-0.1, -0.05) is 6.92 Å². The Labute approximate surface area is 74.9 Å². The number of hydrogen-bond acceptors (Lipinski definition) is 2. The number of aliphatic hydroxyl groups is 1. The molecule has 0 aliphatic rings. The van der Waals surface area contributed by atoms with Gasteiger partial charge in [0.25, 0.3) is 0 Å². The predicted octanol–water partition coefficient (Wildman–Crippen LogP) is 1.58. The highest BCUT2D eigenvalue weighted by Gasteiger charge is 2.15. The molecule has 2 heteroatoms. The summed E-state index contributed by atoms with van der Waals surface area (Å²) in [5.41, 5.74) is 0. The van der Waals surface area contributed by atoms with Gasteiger partial charge in [0.05, 0.1) is 12.2 Å². The summed E-state index contributed by atoms with van der Waals surface area (Å²) in [4.78, 5) is 0. The Hall–Kier alpha value is -0.520. The summed E-state index contributed by atoms with van der Waals surface area (Å²) >= 11 is 0. The molecule has 2 atom stereocenters. The van der Waals surface area contributed by atoms with E-state index >= 15 is 0 Å². The van der Waals surface area contributed by atoms with Gasteiger partial charge in [0.2, 0.25) is 0 Å². The standard InChI is InChI=1S/C10H18O2/c1-4-6-7-8-9(11)10(5-2)12-3/h1,9-11H,5-8H2,2-3H3. The molecule has 0 heterocycles. The quantitative estimate of drug-likeness (QED) is 0.484. The van der Waals surface area contributed by atoms with Crippen molar-refractivity contribution in [3.05, 3.63) is 0 Å². The molecular formula is C10H18O2. The third-order valence-electron chi connectivity index (χ3n) is 1.96. The van der Waals surface area contributed by atoms with Crippen molar-refractivity contribution in [1.82, 2.24) is 0 Å². The topological polar surface area (TPSA) is 29.5 Å². The number of methoxy groups -OCH3 is 1. The second-order valence-electron chi connectivity index (χ2n) is 2.85. The van der Waals surface area contributed by atoms with Crippen LogP contribution in [-0.2, 0) is 4.74 Å². The summed E-state index contributed by atoms with van der Waals surface area (Å²) in [5, 5.41) is 9.54. The summed E-state index contributed by atoms with van der Waals surface area (Å²) in [6, 6.07) is 0. The lowest BCUT2D eigenvalue weighted by Gasteiger charge is -2.19. The van der Waals surface area contributed by atoms with E-state index in [-0.39, 0.29) is 12.2 Å². The first-order chi connectivity index (χ1) is 5.76. The zero-order valence-electron chi connectivity index (χ0n) is 7.92. The monoisotopic (exact) mass is 170 g/mol. The van der Waals surface area contributed by atoms with E-state index in [0.29, 0.717) is 0 Å². The second-order valence-corrected chi connectivity index (χ2v) is 2.85. The minimum absolute atomic E-state index is 0.0391. The van der Waals surface area contributed by atoms with Gasteiger partial charge in [-0.15, -0.1) is 12.3 Å². The van der Waals surface area contributed by atoms with Crippen molar-refractivity contribution in [2.75, 3.05) is 7.11 Å². The maximum absolute atomic E-state index is 9.54. The normalized spacial score (nSPS) is 15.2. The fraction of sp³-hybridized carbons (Fsp3) is 0.800. The van der Waals surface area contributed by atoms with Gasteiger partial charge in [0.15, 0.2) is 0 Å². The molecule has 0 aliphatic carbocycles. The molecule has 0 aliphatic heterocycles. The van der Waals surface area contributed by atoms with Gasteiger partial charge in [-0.05, 0) is 19.3 Å². The van der Waals surface area contributed by atoms with Gasteiger partial charge in [-0.3, -0.25) is 0 Å². The lowest BCUT2D eigenvalue weighted by Crippen LogP contribution is -2.27. The van der Waals surface area contributed by atoms with Gasteiger partial charge >= 0.3 is 0 Å². The van der Waals surface area contributed by atoms with Crippen LogP contribution in [0.25, 0.3) is 0 Å². The Kier molecular flexibility index (Phi) is 6.84. The molecule has 0 aromatic carbocycles. The Morgan fingerprint density at radius 2 is 2.25 bits per heavy atom. The number of terminal acetylenes is 1. The van der Waals surface area contributed by atoms with Gasteiger partial charge in [0.1, 0.15) is 0 Å². The third kappa shape index (κ3) is 4.38. The average molecular weight is 170 g/mol. The van der Waals surface area contributed by atoms with Crippen LogP contribution in [0.1, 0.15) is 32.6 Å². The molecule has 0 amide bonds. The summed E-state index contributed by atoms with van der Waals surface area (Å²) < 4.78 is 5.09. The maximum atomic E-state index is 9.54. The van der Waals surface area contributed by atoms with E-state index in [9.17, 15) is 5.11 Å². The molecule has 0 saturated carbocycles. The average Bonchev–Trinajstić information content (AvgIpc) is 2.07. The van der Waals surface area contributed by atoms with Crippen LogP contribution >= 0.6 is 0 Å². The molecule has 0 fully saturated rings. The number of rotatable bonds is 6. The van der Waals surface area contributed by atoms with E-state index < -0.39 is 0 Å². The summed E-state index contributed by atoms with van der Waals surface area (Å²) in [6.45, 7) is 2.00. The first-order valence-corrected chi connectivity index (χ1v) is 4.40. The molecule has 0 radical (unpaired) electrons. The van der Waals surface area contributed by atoms with Gasteiger partial charge in [-0.25, -0.2) is 0 Å². The van der Waals surface area contributed by atoms with Gasteiger partial charge < -0.3 is 9.84 Å². The molecule has 0 aromatic heterocycles. The van der Waals surface area contributed by atoms with Gasteiger partial charge in [-0.2, -0.15) is 0 Å². The summed E-state index contributed by atoms with van der Waals surface area (Å²) in [5.74, 6) is 2.55. The van der Waals surface area contributed by atoms with Crippen LogP contribution < -0.4 is 0 Å². The van der Waals surface area contributed by atoms with Crippen molar-refractivity contribution in [2.45, 2.75) is 44.8 Å². The highest BCUT2D eigenvalue weighted by Crippen LogP contribution is 2.09. The molecule has 2 unspecified atom stereocenters. The Morgan fingerprint density at radius 1 is 1.58 bits per heavy atom. The van der Waals surface area contributed by atoms with Gasteiger partial charge in [0, 0.05) is 13.5 Å². The zero-order valence-corrected chi connectivity index (χ0v) is 7.92. The largest absolute Gasteiger partial charge is 0.390 e. The molecule has 0 bridgehead atoms. The number of ether oxygens (including phenoxy) is 1. The van der Waals surface area contributed by atoms with E-state index in [0.717, 1.165) is 25.7 Å². The molecule has 0 saturated heterocycles. The predicted molar refractivity (Wildman–Crippen MR) is 49.8 cm³/mol. The zero-order chi connectivity index (χ0) is 9.40. The number of aliphatic hydroxyl groups excluding tert-OH is 1. The van der Waals surface area contributed by atoms with Crippen molar-refractivity contribution in [3.8, 4) is 12.3 Å². The minimum atomic E-state index is -0.367. The minimum Gasteiger partial charge on any atom is -0.390 e. The Morgan fingerprint density at radius 3 is 2.67 bits per heavy atom. The van der Waals surface area contributed by atoms with E-state index in [1.165, 1.54) is 0 Å². The fourth-order valence-corrected chi connectivity index (χ4v) is 1.19. The third-order valence-corrected chi connectivity index (χ3v) is 1.96. The molecule has 0 spiro atoms. The second kappa shape index (κ2) is 7.15. The van der Waals surface area contributed by atoms with Crippen molar-refractivity contribution in [2.24, 2.45) is 0 Å². The lowest BCUT2D eigenvalue weighted by atomic mass is 10.1. The fourth-order valence-electron chi connectivity index (χ4n) is 1.19. The van der Waals surface area contributed by atoms with E-state index in [1.54, 1.807) is 7.11 Å². The van der Waals surface area contributed by atoms with Crippen molar-refractivity contribution in [3.63, 3.8) is 0 Å². The molecule has 70 valence electrons. The highest BCUT2D eigenvalue weighted by atomic mass is 16.5. The Balaban J connectivity index is 3.55. The molecule has 0 rings (SSSR count). The van der Waals surface area contributed by atoms with E-state index in [2.05, 4.69) is 5.92 Å². The van der Waals surface area contributed by atoms with Crippen LogP contribution in [0.2, 0.25) is 0 Å². The molecule has 12 heavy (non-hydrogen) atoms. The van der Waals surface area contributed by atoms with Crippen LogP contribution in [0, 0.1) is 12.3 Å². The van der Waals surface area contributed by atoms with Crippen LogP contribution in [0.5, 0.6) is 0 Å². The van der Waals surface area contributed by atoms with Crippen LogP contribution in [0.3, 0.4) is 0 Å². The van der Waals surface area contributed by atoms with Crippen LogP contribution in [0.4, 0.5) is 0 Å².